The Kier molecular flexibility index (Phi) is 3.49. The highest BCUT2D eigenvalue weighted by Crippen LogP contribution is 2.15. The highest BCUT2D eigenvalue weighted by atomic mass is 79.9. The van der Waals surface area contributed by atoms with Crippen LogP contribution in [0.4, 0.5) is 5.82 Å². The van der Waals surface area contributed by atoms with E-state index in [0.29, 0.717) is 0 Å². The Labute approximate surface area is 80.7 Å². The van der Waals surface area contributed by atoms with E-state index in [1.807, 2.05) is 26.0 Å². The highest BCUT2D eigenvalue weighted by Gasteiger charge is 1.96. The number of aromatic nitrogens is 1. The number of nitrogens with zero attached hydrogens (tertiary/aromatic N) is 1. The van der Waals surface area contributed by atoms with Crippen molar-refractivity contribution in [2.75, 3.05) is 12.0 Å². The fourth-order valence-corrected chi connectivity index (χ4v) is 1.01. The van der Waals surface area contributed by atoms with Gasteiger partial charge in [0.2, 0.25) is 0 Å². The third kappa shape index (κ3) is 2.46. The monoisotopic (exact) mass is 229 g/mol. The van der Waals surface area contributed by atoms with Gasteiger partial charge in [-0.3, -0.25) is 0 Å². The van der Waals surface area contributed by atoms with E-state index in [-0.39, 0.29) is 0 Å². The molecule has 0 radical (unpaired) electrons. The Morgan fingerprint density at radius 2 is 2.25 bits per heavy atom. The van der Waals surface area contributed by atoms with Gasteiger partial charge in [0.25, 0.3) is 0 Å². The Hall–Kier alpha value is -0.610. The Bertz CT molecular complexity index is 262. The molecule has 0 aliphatic carbocycles. The van der Waals surface area contributed by atoms with E-state index >= 15 is 0 Å². The zero-order chi connectivity index (χ0) is 8.97. The minimum atomic E-state index is 0.845. The van der Waals surface area contributed by atoms with Gasteiger partial charge in [-0.2, -0.15) is 0 Å². The van der Waals surface area contributed by atoms with E-state index in [0.717, 1.165) is 22.5 Å². The molecule has 1 rings (SSSR count). The largest absolute Gasteiger partial charge is 0.306 e. The molecule has 0 bridgehead atoms. The van der Waals surface area contributed by atoms with Crippen LogP contribution >= 0.6 is 15.9 Å². The molecule has 0 saturated carbocycles. The molecule has 0 aliphatic rings. The van der Waals surface area contributed by atoms with Crippen molar-refractivity contribution < 1.29 is 0 Å². The quantitative estimate of drug-likeness (QED) is 0.780. The predicted octanol–water partition coefficient (Wildman–Crippen LogP) is 2.09. The van der Waals surface area contributed by atoms with Crippen LogP contribution in [-0.2, 0) is 0 Å². The molecule has 0 spiro atoms. The first-order chi connectivity index (χ1) is 5.74. The van der Waals surface area contributed by atoms with Gasteiger partial charge in [0, 0.05) is 11.0 Å². The smallest absolute Gasteiger partial charge is 0.140 e. The van der Waals surface area contributed by atoms with Gasteiger partial charge in [-0.05, 0) is 35.0 Å². The summed E-state index contributed by atoms with van der Waals surface area (Å²) in [6.45, 7) is 4.86. The molecule has 0 amide bonds. The van der Waals surface area contributed by atoms with Gasteiger partial charge in [0.1, 0.15) is 5.82 Å². The molecule has 1 aromatic rings. The van der Waals surface area contributed by atoms with Gasteiger partial charge in [0.15, 0.2) is 0 Å². The summed E-state index contributed by atoms with van der Waals surface area (Å²) in [5.74, 6) is 0.845. The maximum absolute atomic E-state index is 4.29. The second-order valence-corrected chi connectivity index (χ2v) is 3.27. The van der Waals surface area contributed by atoms with E-state index < -0.39 is 0 Å². The van der Waals surface area contributed by atoms with Crippen molar-refractivity contribution in [3.05, 3.63) is 22.3 Å². The predicted molar refractivity (Wildman–Crippen MR) is 54.0 cm³/mol. The Morgan fingerprint density at radius 3 is 2.83 bits per heavy atom. The zero-order valence-corrected chi connectivity index (χ0v) is 8.77. The Morgan fingerprint density at radius 1 is 1.50 bits per heavy atom. The number of hydrogen-bond acceptors (Lipinski definition) is 3. The molecule has 0 aliphatic heterocycles. The molecule has 0 saturated heterocycles. The molecule has 0 atom stereocenters. The lowest BCUT2D eigenvalue weighted by atomic mass is 10.4. The Balaban J connectivity index is 2.69. The molecule has 4 heteroatoms. The number of aryl methyl sites for hydroxylation is 1. The number of halogens is 1. The lowest BCUT2D eigenvalue weighted by Crippen LogP contribution is -2.21. The SMILES string of the molecule is CCNNc1ccc(Br)c(C)n1. The lowest BCUT2D eigenvalue weighted by molar-refractivity contribution is 0.834. The zero-order valence-electron chi connectivity index (χ0n) is 7.19. The third-order valence-electron chi connectivity index (χ3n) is 1.41. The lowest BCUT2D eigenvalue weighted by Gasteiger charge is -2.06. The van der Waals surface area contributed by atoms with Crippen LogP contribution in [0.5, 0.6) is 0 Å². The number of nitrogens with one attached hydrogen (secondary N) is 2. The van der Waals surface area contributed by atoms with Crippen LogP contribution < -0.4 is 10.9 Å². The number of hydrogen-bond donors (Lipinski definition) is 2. The van der Waals surface area contributed by atoms with Gasteiger partial charge in [-0.15, -0.1) is 0 Å². The summed E-state index contributed by atoms with van der Waals surface area (Å²) in [4.78, 5) is 4.29. The molecule has 2 N–H and O–H groups in total. The highest BCUT2D eigenvalue weighted by molar-refractivity contribution is 9.10. The van der Waals surface area contributed by atoms with E-state index in [1.165, 1.54) is 0 Å². The second kappa shape index (κ2) is 4.42. The maximum Gasteiger partial charge on any atom is 0.140 e. The van der Waals surface area contributed by atoms with Crippen molar-refractivity contribution in [3.8, 4) is 0 Å². The third-order valence-corrected chi connectivity index (χ3v) is 2.25. The van der Waals surface area contributed by atoms with E-state index in [9.17, 15) is 0 Å². The summed E-state index contributed by atoms with van der Waals surface area (Å²) < 4.78 is 1.03. The fraction of sp³-hybridized carbons (Fsp3) is 0.375. The van der Waals surface area contributed by atoms with Gasteiger partial charge in [-0.25, -0.2) is 10.4 Å². The van der Waals surface area contributed by atoms with Crippen molar-refractivity contribution in [3.63, 3.8) is 0 Å². The first kappa shape index (κ1) is 9.48. The van der Waals surface area contributed by atoms with Crippen LogP contribution in [-0.4, -0.2) is 11.5 Å². The topological polar surface area (TPSA) is 37.0 Å². The molecule has 0 unspecified atom stereocenters. The van der Waals surface area contributed by atoms with Gasteiger partial charge >= 0.3 is 0 Å². The van der Waals surface area contributed by atoms with Crippen molar-refractivity contribution in [1.29, 1.82) is 0 Å². The van der Waals surface area contributed by atoms with E-state index in [1.54, 1.807) is 0 Å². The summed E-state index contributed by atoms with van der Waals surface area (Å²) in [6, 6.07) is 3.89. The summed E-state index contributed by atoms with van der Waals surface area (Å²) >= 11 is 3.39. The minimum absolute atomic E-state index is 0.845. The van der Waals surface area contributed by atoms with Crippen LogP contribution in [0.1, 0.15) is 12.6 Å². The number of anilines is 1. The fourth-order valence-electron chi connectivity index (χ4n) is 0.793. The van der Waals surface area contributed by atoms with Crippen LogP contribution in [0.15, 0.2) is 16.6 Å². The minimum Gasteiger partial charge on any atom is -0.306 e. The normalized spacial score (nSPS) is 9.92. The van der Waals surface area contributed by atoms with Crippen molar-refractivity contribution >= 4 is 21.7 Å². The second-order valence-electron chi connectivity index (χ2n) is 2.42. The van der Waals surface area contributed by atoms with Crippen LogP contribution in [0.25, 0.3) is 0 Å². The van der Waals surface area contributed by atoms with Gasteiger partial charge < -0.3 is 5.43 Å². The summed E-state index contributed by atoms with van der Waals surface area (Å²) in [5.41, 5.74) is 6.95. The number of pyridine rings is 1. The first-order valence-corrected chi connectivity index (χ1v) is 4.65. The first-order valence-electron chi connectivity index (χ1n) is 3.86. The molecule has 0 aromatic carbocycles. The van der Waals surface area contributed by atoms with Crippen LogP contribution in [0.3, 0.4) is 0 Å². The molecule has 66 valence electrons. The summed E-state index contributed by atoms with van der Waals surface area (Å²) in [5, 5.41) is 0. The van der Waals surface area contributed by atoms with Crippen molar-refractivity contribution in [1.82, 2.24) is 10.4 Å². The summed E-state index contributed by atoms with van der Waals surface area (Å²) in [6.07, 6.45) is 0. The van der Waals surface area contributed by atoms with E-state index in [4.69, 9.17) is 0 Å². The molecular formula is C8H12BrN3. The van der Waals surface area contributed by atoms with Crippen LogP contribution in [0.2, 0.25) is 0 Å². The maximum atomic E-state index is 4.29. The standard InChI is InChI=1S/C8H12BrN3/c1-3-10-12-8-5-4-7(9)6(2)11-8/h4-5,10H,3H2,1-2H3,(H,11,12). The molecular weight excluding hydrogens is 218 g/mol. The molecule has 1 aromatic heterocycles. The van der Waals surface area contributed by atoms with Gasteiger partial charge in [-0.1, -0.05) is 6.92 Å². The van der Waals surface area contributed by atoms with E-state index in [2.05, 4.69) is 31.8 Å². The molecule has 12 heavy (non-hydrogen) atoms. The summed E-state index contributed by atoms with van der Waals surface area (Å²) in [7, 11) is 0. The molecule has 0 fully saturated rings. The average molecular weight is 230 g/mol. The average Bonchev–Trinajstić information content (AvgIpc) is 2.07. The number of hydrazine groups is 1. The van der Waals surface area contributed by atoms with Crippen LogP contribution in [0, 0.1) is 6.92 Å². The number of rotatable bonds is 3. The molecule has 3 nitrogen and oxygen atoms in total. The van der Waals surface area contributed by atoms with Crippen molar-refractivity contribution in [2.24, 2.45) is 0 Å². The molecule has 1 heterocycles. The van der Waals surface area contributed by atoms with Crippen molar-refractivity contribution in [2.45, 2.75) is 13.8 Å². The van der Waals surface area contributed by atoms with Gasteiger partial charge in [0.05, 0.1) is 5.69 Å².